The molecule has 0 aromatic carbocycles. The number of nitrogens with zero attached hydrogens (tertiary/aromatic N) is 2. The van der Waals surface area contributed by atoms with Crippen molar-refractivity contribution in [3.8, 4) is 11.3 Å². The van der Waals surface area contributed by atoms with Gasteiger partial charge in [0, 0.05) is 31.3 Å². The molecule has 2 aromatic rings. The Morgan fingerprint density at radius 2 is 2.44 bits per heavy atom. The van der Waals surface area contributed by atoms with Crippen LogP contribution >= 0.6 is 0 Å². The SMILES string of the molecule is Cn1cc(-c2cc3c(o2)CCCC3N)cn1. The second-order valence-corrected chi connectivity index (χ2v) is 4.39. The molecule has 0 amide bonds. The molecule has 3 rings (SSSR count). The van der Waals surface area contributed by atoms with Gasteiger partial charge in [0.25, 0.3) is 0 Å². The molecule has 2 heterocycles. The molecule has 2 N–H and O–H groups in total. The Morgan fingerprint density at radius 1 is 1.56 bits per heavy atom. The fourth-order valence-electron chi connectivity index (χ4n) is 2.28. The van der Waals surface area contributed by atoms with Gasteiger partial charge >= 0.3 is 0 Å². The Morgan fingerprint density at radius 3 is 3.12 bits per heavy atom. The fraction of sp³-hybridized carbons (Fsp3) is 0.417. The zero-order valence-corrected chi connectivity index (χ0v) is 9.31. The van der Waals surface area contributed by atoms with Gasteiger partial charge in [0.15, 0.2) is 0 Å². The van der Waals surface area contributed by atoms with Crippen molar-refractivity contribution in [2.45, 2.75) is 25.3 Å². The van der Waals surface area contributed by atoms with Crippen molar-refractivity contribution in [2.24, 2.45) is 12.8 Å². The molecule has 2 aromatic heterocycles. The van der Waals surface area contributed by atoms with E-state index in [1.807, 2.05) is 19.4 Å². The third kappa shape index (κ3) is 1.46. The largest absolute Gasteiger partial charge is 0.461 e. The van der Waals surface area contributed by atoms with Crippen molar-refractivity contribution in [1.82, 2.24) is 9.78 Å². The Balaban J connectivity index is 2.04. The maximum atomic E-state index is 6.06. The maximum Gasteiger partial charge on any atom is 0.137 e. The van der Waals surface area contributed by atoms with Gasteiger partial charge < -0.3 is 10.2 Å². The maximum absolute atomic E-state index is 6.06. The first-order valence-corrected chi connectivity index (χ1v) is 5.61. The summed E-state index contributed by atoms with van der Waals surface area (Å²) in [7, 11) is 1.90. The standard InChI is InChI=1S/C12H15N3O/c1-15-7-8(6-14-15)12-5-9-10(13)3-2-4-11(9)16-12/h5-7,10H,2-4,13H2,1H3. The van der Waals surface area contributed by atoms with Gasteiger partial charge in [-0.15, -0.1) is 0 Å². The van der Waals surface area contributed by atoms with Crippen molar-refractivity contribution in [3.63, 3.8) is 0 Å². The quantitative estimate of drug-likeness (QED) is 0.795. The van der Waals surface area contributed by atoms with Crippen LogP contribution < -0.4 is 5.73 Å². The van der Waals surface area contributed by atoms with Crippen LogP contribution in [0.25, 0.3) is 11.3 Å². The van der Waals surface area contributed by atoms with E-state index < -0.39 is 0 Å². The molecule has 1 aliphatic carbocycles. The molecule has 0 radical (unpaired) electrons. The first-order chi connectivity index (χ1) is 7.74. The molecule has 4 nitrogen and oxygen atoms in total. The first kappa shape index (κ1) is 9.66. The molecule has 84 valence electrons. The van der Waals surface area contributed by atoms with Gasteiger partial charge in [0.1, 0.15) is 11.5 Å². The number of furan rings is 1. The number of hydrogen-bond donors (Lipinski definition) is 1. The summed E-state index contributed by atoms with van der Waals surface area (Å²) < 4.78 is 7.62. The van der Waals surface area contributed by atoms with E-state index in [0.29, 0.717) is 0 Å². The van der Waals surface area contributed by atoms with Crippen LogP contribution in [-0.2, 0) is 13.5 Å². The summed E-state index contributed by atoms with van der Waals surface area (Å²) in [5, 5.41) is 4.14. The van der Waals surface area contributed by atoms with Gasteiger partial charge in [-0.3, -0.25) is 4.68 Å². The minimum absolute atomic E-state index is 0.137. The van der Waals surface area contributed by atoms with Gasteiger partial charge in [0.05, 0.1) is 11.8 Å². The van der Waals surface area contributed by atoms with E-state index in [0.717, 1.165) is 36.3 Å². The summed E-state index contributed by atoms with van der Waals surface area (Å²) in [6.07, 6.45) is 6.95. The highest BCUT2D eigenvalue weighted by Crippen LogP contribution is 2.34. The van der Waals surface area contributed by atoms with Crippen LogP contribution in [0.15, 0.2) is 22.9 Å². The highest BCUT2D eigenvalue weighted by Gasteiger charge is 2.22. The molecule has 0 aliphatic heterocycles. The normalized spacial score (nSPS) is 19.8. The second kappa shape index (κ2) is 3.49. The van der Waals surface area contributed by atoms with E-state index in [1.165, 1.54) is 5.56 Å². The number of fused-ring (bicyclic) bond motifs is 1. The third-order valence-electron chi connectivity index (χ3n) is 3.15. The summed E-state index contributed by atoms with van der Waals surface area (Å²) in [5.41, 5.74) is 8.25. The van der Waals surface area contributed by atoms with Crippen LogP contribution in [0.1, 0.15) is 30.2 Å². The highest BCUT2D eigenvalue weighted by atomic mass is 16.3. The lowest BCUT2D eigenvalue weighted by molar-refractivity contribution is 0.460. The molecule has 4 heteroatoms. The molecule has 0 spiro atoms. The molecule has 0 bridgehead atoms. The molecule has 0 saturated heterocycles. The van der Waals surface area contributed by atoms with Gasteiger partial charge in [-0.25, -0.2) is 0 Å². The number of aryl methyl sites for hydroxylation is 2. The van der Waals surface area contributed by atoms with E-state index in [1.54, 1.807) is 4.68 Å². The average molecular weight is 217 g/mol. The van der Waals surface area contributed by atoms with Crippen LogP contribution in [0.2, 0.25) is 0 Å². The summed E-state index contributed by atoms with van der Waals surface area (Å²) in [6.45, 7) is 0. The lowest BCUT2D eigenvalue weighted by atomic mass is 9.94. The van der Waals surface area contributed by atoms with E-state index >= 15 is 0 Å². The Hall–Kier alpha value is -1.55. The number of aromatic nitrogens is 2. The minimum Gasteiger partial charge on any atom is -0.461 e. The Labute approximate surface area is 94.0 Å². The molecule has 1 unspecified atom stereocenters. The highest BCUT2D eigenvalue weighted by molar-refractivity contribution is 5.57. The predicted octanol–water partition coefficient (Wildman–Crippen LogP) is 2.02. The van der Waals surface area contributed by atoms with Crippen LogP contribution in [0.5, 0.6) is 0 Å². The van der Waals surface area contributed by atoms with Gasteiger partial charge in [-0.2, -0.15) is 5.10 Å². The van der Waals surface area contributed by atoms with Crippen LogP contribution in [0.4, 0.5) is 0 Å². The fourth-order valence-corrected chi connectivity index (χ4v) is 2.28. The second-order valence-electron chi connectivity index (χ2n) is 4.39. The summed E-state index contributed by atoms with van der Waals surface area (Å²) >= 11 is 0. The topological polar surface area (TPSA) is 57.0 Å². The average Bonchev–Trinajstić information content (AvgIpc) is 2.84. The molecular formula is C12H15N3O. The Kier molecular flexibility index (Phi) is 2.11. The van der Waals surface area contributed by atoms with Crippen molar-refractivity contribution < 1.29 is 4.42 Å². The van der Waals surface area contributed by atoms with Gasteiger partial charge in [-0.1, -0.05) is 0 Å². The molecule has 1 atom stereocenters. The summed E-state index contributed by atoms with van der Waals surface area (Å²) in [6, 6.07) is 2.20. The minimum atomic E-state index is 0.137. The first-order valence-electron chi connectivity index (χ1n) is 5.61. The zero-order valence-electron chi connectivity index (χ0n) is 9.31. The molecular weight excluding hydrogens is 202 g/mol. The van der Waals surface area contributed by atoms with E-state index in [-0.39, 0.29) is 6.04 Å². The lowest BCUT2D eigenvalue weighted by Crippen LogP contribution is -2.15. The van der Waals surface area contributed by atoms with Crippen LogP contribution in [-0.4, -0.2) is 9.78 Å². The molecule has 16 heavy (non-hydrogen) atoms. The summed E-state index contributed by atoms with van der Waals surface area (Å²) in [4.78, 5) is 0. The van der Waals surface area contributed by atoms with Crippen molar-refractivity contribution >= 4 is 0 Å². The van der Waals surface area contributed by atoms with Crippen LogP contribution in [0, 0.1) is 0 Å². The molecule has 0 saturated carbocycles. The van der Waals surface area contributed by atoms with Gasteiger partial charge in [0.2, 0.25) is 0 Å². The van der Waals surface area contributed by atoms with Crippen molar-refractivity contribution in [3.05, 3.63) is 29.8 Å². The van der Waals surface area contributed by atoms with Crippen LogP contribution in [0.3, 0.4) is 0 Å². The Bertz CT molecular complexity index is 512. The van der Waals surface area contributed by atoms with E-state index in [4.69, 9.17) is 10.2 Å². The van der Waals surface area contributed by atoms with E-state index in [9.17, 15) is 0 Å². The summed E-state index contributed by atoms with van der Waals surface area (Å²) in [5.74, 6) is 1.94. The third-order valence-corrected chi connectivity index (χ3v) is 3.15. The number of rotatable bonds is 1. The van der Waals surface area contributed by atoms with Crippen molar-refractivity contribution in [2.75, 3.05) is 0 Å². The number of hydrogen-bond acceptors (Lipinski definition) is 3. The monoisotopic (exact) mass is 217 g/mol. The molecule has 0 fully saturated rings. The van der Waals surface area contributed by atoms with Crippen molar-refractivity contribution in [1.29, 1.82) is 0 Å². The molecule has 1 aliphatic rings. The predicted molar refractivity (Wildman–Crippen MR) is 60.8 cm³/mol. The zero-order chi connectivity index (χ0) is 11.1. The van der Waals surface area contributed by atoms with Gasteiger partial charge in [-0.05, 0) is 18.9 Å². The smallest absolute Gasteiger partial charge is 0.137 e. The lowest BCUT2D eigenvalue weighted by Gasteiger charge is -2.16. The van der Waals surface area contributed by atoms with E-state index in [2.05, 4.69) is 11.2 Å². The number of nitrogens with two attached hydrogens (primary N) is 1.